The van der Waals surface area contributed by atoms with Crippen molar-refractivity contribution in [1.82, 2.24) is 0 Å². The summed E-state index contributed by atoms with van der Waals surface area (Å²) in [5, 5.41) is 13.7. The molecule has 0 bridgehead atoms. The molecule has 3 nitrogen and oxygen atoms in total. The number of hydrogen-bond donors (Lipinski definition) is 2. The van der Waals surface area contributed by atoms with Crippen molar-refractivity contribution in [1.29, 1.82) is 0 Å². The largest absolute Gasteiger partial charge is 0.495 e. The van der Waals surface area contributed by atoms with Crippen LogP contribution >= 0.6 is 0 Å². The molecule has 1 aromatic carbocycles. The third-order valence-electron chi connectivity index (χ3n) is 4.14. The van der Waals surface area contributed by atoms with Gasteiger partial charge in [0.05, 0.1) is 24.9 Å². The zero-order valence-electron chi connectivity index (χ0n) is 10.1. The molecule has 3 rings (SSSR count). The Kier molecular flexibility index (Phi) is 2.71. The Morgan fingerprint density at radius 1 is 1.35 bits per heavy atom. The molecule has 0 amide bonds. The Balaban J connectivity index is 1.90. The van der Waals surface area contributed by atoms with Gasteiger partial charge in [-0.2, -0.15) is 0 Å². The second-order valence-electron chi connectivity index (χ2n) is 5.13. The van der Waals surface area contributed by atoms with E-state index in [1.54, 1.807) is 7.11 Å². The van der Waals surface area contributed by atoms with Gasteiger partial charge in [-0.3, -0.25) is 0 Å². The summed E-state index contributed by atoms with van der Waals surface area (Å²) in [6.45, 7) is 0. The summed E-state index contributed by atoms with van der Waals surface area (Å²) < 4.78 is 5.38. The van der Waals surface area contributed by atoms with E-state index in [1.165, 1.54) is 19.3 Å². The summed E-state index contributed by atoms with van der Waals surface area (Å²) in [4.78, 5) is 0. The monoisotopic (exact) mass is 233 g/mol. The first-order chi connectivity index (χ1) is 8.29. The number of para-hydroxylation sites is 1. The number of nitrogens with one attached hydrogen (secondary N) is 1. The van der Waals surface area contributed by atoms with Gasteiger partial charge in [0.2, 0.25) is 0 Å². The van der Waals surface area contributed by atoms with Crippen LogP contribution in [0.1, 0.15) is 24.8 Å². The minimum Gasteiger partial charge on any atom is -0.495 e. The predicted molar refractivity (Wildman–Crippen MR) is 67.5 cm³/mol. The fourth-order valence-electron chi connectivity index (χ4n) is 2.93. The summed E-state index contributed by atoms with van der Waals surface area (Å²) in [7, 11) is 1.70. The number of fused-ring (bicyclic) bond motifs is 1. The van der Waals surface area contributed by atoms with Crippen molar-refractivity contribution in [3.63, 3.8) is 0 Å². The zero-order valence-corrected chi connectivity index (χ0v) is 10.1. The van der Waals surface area contributed by atoms with Crippen molar-refractivity contribution in [2.75, 3.05) is 12.4 Å². The van der Waals surface area contributed by atoms with Crippen molar-refractivity contribution in [2.45, 2.75) is 37.8 Å². The molecule has 1 fully saturated rings. The Bertz CT molecular complexity index is 415. The highest BCUT2D eigenvalue weighted by Gasteiger charge is 2.36. The topological polar surface area (TPSA) is 41.5 Å². The predicted octanol–water partition coefficient (Wildman–Crippen LogP) is 2.19. The molecule has 0 radical (unpaired) electrons. The molecule has 2 aliphatic rings. The Morgan fingerprint density at radius 3 is 2.82 bits per heavy atom. The zero-order chi connectivity index (χ0) is 11.8. The van der Waals surface area contributed by atoms with E-state index in [1.807, 2.05) is 12.1 Å². The maximum atomic E-state index is 10.2. The number of aliphatic hydroxyl groups excluding tert-OH is 1. The highest BCUT2D eigenvalue weighted by molar-refractivity contribution is 5.64. The van der Waals surface area contributed by atoms with Crippen LogP contribution in [0.3, 0.4) is 0 Å². The second-order valence-corrected chi connectivity index (χ2v) is 5.13. The van der Waals surface area contributed by atoms with Gasteiger partial charge in [-0.25, -0.2) is 0 Å². The Morgan fingerprint density at radius 2 is 2.18 bits per heavy atom. The second kappa shape index (κ2) is 4.22. The fourth-order valence-corrected chi connectivity index (χ4v) is 2.93. The molecule has 0 spiro atoms. The first-order valence-electron chi connectivity index (χ1n) is 6.40. The molecule has 2 unspecified atom stereocenters. The molecule has 3 heteroatoms. The molecule has 1 heterocycles. The lowest BCUT2D eigenvalue weighted by molar-refractivity contribution is 0.0958. The van der Waals surface area contributed by atoms with E-state index < -0.39 is 0 Å². The maximum Gasteiger partial charge on any atom is 0.142 e. The van der Waals surface area contributed by atoms with E-state index in [4.69, 9.17) is 4.74 Å². The van der Waals surface area contributed by atoms with Crippen LogP contribution < -0.4 is 10.1 Å². The van der Waals surface area contributed by atoms with Crippen LogP contribution in [0.25, 0.3) is 0 Å². The van der Waals surface area contributed by atoms with Gasteiger partial charge in [0.15, 0.2) is 0 Å². The lowest BCUT2D eigenvalue weighted by Gasteiger charge is -2.41. The van der Waals surface area contributed by atoms with Crippen molar-refractivity contribution < 1.29 is 9.84 Å². The average molecular weight is 233 g/mol. The third kappa shape index (κ3) is 1.78. The van der Waals surface area contributed by atoms with Crippen molar-refractivity contribution in [2.24, 2.45) is 5.92 Å². The molecule has 0 saturated heterocycles. The van der Waals surface area contributed by atoms with Gasteiger partial charge in [0.25, 0.3) is 0 Å². The van der Waals surface area contributed by atoms with Crippen LogP contribution in [0.2, 0.25) is 0 Å². The normalized spacial score (nSPS) is 27.9. The summed E-state index contributed by atoms with van der Waals surface area (Å²) in [5.41, 5.74) is 2.24. The highest BCUT2D eigenvalue weighted by Crippen LogP contribution is 2.40. The minimum absolute atomic E-state index is 0.201. The van der Waals surface area contributed by atoms with Gasteiger partial charge in [0.1, 0.15) is 5.75 Å². The van der Waals surface area contributed by atoms with E-state index in [2.05, 4.69) is 11.4 Å². The Labute approximate surface area is 102 Å². The summed E-state index contributed by atoms with van der Waals surface area (Å²) in [6, 6.07) is 6.22. The van der Waals surface area contributed by atoms with E-state index >= 15 is 0 Å². The number of benzene rings is 1. The van der Waals surface area contributed by atoms with Crippen molar-refractivity contribution in [3.05, 3.63) is 23.8 Å². The number of anilines is 1. The molecule has 92 valence electrons. The number of aliphatic hydroxyl groups is 1. The molecular formula is C14H19NO2. The van der Waals surface area contributed by atoms with E-state index in [9.17, 15) is 5.11 Å². The van der Waals surface area contributed by atoms with Gasteiger partial charge >= 0.3 is 0 Å². The quantitative estimate of drug-likeness (QED) is 0.822. The molecule has 2 N–H and O–H groups in total. The summed E-state index contributed by atoms with van der Waals surface area (Å²) >= 11 is 0. The molecule has 1 aromatic rings. The smallest absolute Gasteiger partial charge is 0.142 e. The number of methoxy groups -OCH3 is 1. The summed E-state index contributed by atoms with van der Waals surface area (Å²) in [5.74, 6) is 1.52. The van der Waals surface area contributed by atoms with Crippen molar-refractivity contribution in [3.8, 4) is 5.75 Å². The maximum absolute atomic E-state index is 10.2. The van der Waals surface area contributed by atoms with E-state index in [0.717, 1.165) is 23.4 Å². The lowest BCUT2D eigenvalue weighted by Crippen LogP contribution is -2.46. The van der Waals surface area contributed by atoms with E-state index in [0.29, 0.717) is 5.92 Å². The molecule has 1 aliphatic carbocycles. The van der Waals surface area contributed by atoms with Gasteiger partial charge in [0, 0.05) is 6.42 Å². The van der Waals surface area contributed by atoms with Crippen LogP contribution in [0.15, 0.2) is 18.2 Å². The average Bonchev–Trinajstić information content (AvgIpc) is 2.27. The molecule has 1 saturated carbocycles. The lowest BCUT2D eigenvalue weighted by atomic mass is 9.75. The van der Waals surface area contributed by atoms with Gasteiger partial charge in [-0.1, -0.05) is 18.6 Å². The number of hydrogen-bond acceptors (Lipinski definition) is 3. The SMILES string of the molecule is COc1cccc2c1NC(C1CCC1)C(O)C2. The van der Waals surface area contributed by atoms with Crippen molar-refractivity contribution >= 4 is 5.69 Å². The standard InChI is InChI=1S/C14H19NO2/c1-17-12-7-3-6-10-8-11(16)13(15-14(10)12)9-4-2-5-9/h3,6-7,9,11,13,15-16H,2,4-5,8H2,1H3. The summed E-state index contributed by atoms with van der Waals surface area (Å²) in [6.07, 6.45) is 4.24. The Hall–Kier alpha value is -1.22. The molecule has 1 aliphatic heterocycles. The molecular weight excluding hydrogens is 214 g/mol. The molecule has 0 aromatic heterocycles. The van der Waals surface area contributed by atoms with Gasteiger partial charge in [-0.15, -0.1) is 0 Å². The van der Waals surface area contributed by atoms with Crippen LogP contribution in [-0.2, 0) is 6.42 Å². The number of rotatable bonds is 2. The highest BCUT2D eigenvalue weighted by atomic mass is 16.5. The van der Waals surface area contributed by atoms with Crippen LogP contribution in [0.4, 0.5) is 5.69 Å². The van der Waals surface area contributed by atoms with Crippen LogP contribution in [-0.4, -0.2) is 24.4 Å². The first-order valence-corrected chi connectivity index (χ1v) is 6.40. The minimum atomic E-state index is -0.264. The van der Waals surface area contributed by atoms with Crippen LogP contribution in [0, 0.1) is 5.92 Å². The van der Waals surface area contributed by atoms with E-state index in [-0.39, 0.29) is 12.1 Å². The fraction of sp³-hybridized carbons (Fsp3) is 0.571. The van der Waals surface area contributed by atoms with Gasteiger partial charge in [-0.05, 0) is 30.4 Å². The third-order valence-corrected chi connectivity index (χ3v) is 4.14. The van der Waals surface area contributed by atoms with Crippen LogP contribution in [0.5, 0.6) is 5.75 Å². The van der Waals surface area contributed by atoms with Gasteiger partial charge < -0.3 is 15.2 Å². The first kappa shape index (κ1) is 10.9. The molecule has 2 atom stereocenters. The number of ether oxygens (including phenoxy) is 1. The molecule has 17 heavy (non-hydrogen) atoms.